The maximum absolute atomic E-state index is 12.6. The smallest absolute Gasteiger partial charge is 0.435 e. The molecule has 0 aliphatic carbocycles. The predicted molar refractivity (Wildman–Crippen MR) is 63.4 cm³/mol. The van der Waals surface area contributed by atoms with Gasteiger partial charge in [0.1, 0.15) is 0 Å². The average Bonchev–Trinajstić information content (AvgIpc) is 2.71. The topological polar surface area (TPSA) is 67.5 Å². The molecule has 8 heteroatoms. The van der Waals surface area contributed by atoms with Gasteiger partial charge in [-0.3, -0.25) is 4.79 Å². The van der Waals surface area contributed by atoms with Crippen LogP contribution in [0.3, 0.4) is 0 Å². The van der Waals surface area contributed by atoms with Crippen LogP contribution in [0.5, 0.6) is 0 Å². The molecule has 2 aromatic rings. The van der Waals surface area contributed by atoms with Gasteiger partial charge in [0.15, 0.2) is 11.3 Å². The van der Waals surface area contributed by atoms with Crippen LogP contribution in [0.4, 0.5) is 13.2 Å². The second kappa shape index (κ2) is 4.77. The molecule has 2 heterocycles. The Bertz CT molecular complexity index is 677. The van der Waals surface area contributed by atoms with Gasteiger partial charge < -0.3 is 5.11 Å². The number of carboxylic acid groups (broad SMARTS) is 1. The van der Waals surface area contributed by atoms with Gasteiger partial charge in [-0.25, -0.2) is 9.50 Å². The van der Waals surface area contributed by atoms with Crippen molar-refractivity contribution in [3.05, 3.63) is 28.7 Å². The molecular weight excluding hydrogens is 275 g/mol. The van der Waals surface area contributed by atoms with Crippen molar-refractivity contribution in [3.8, 4) is 0 Å². The van der Waals surface area contributed by atoms with Crippen LogP contribution in [-0.2, 0) is 17.4 Å². The molecule has 0 radical (unpaired) electrons. The Hall–Kier alpha value is -2.12. The number of halogens is 3. The van der Waals surface area contributed by atoms with Crippen LogP contribution in [0, 0.1) is 13.8 Å². The Morgan fingerprint density at radius 1 is 1.40 bits per heavy atom. The summed E-state index contributed by atoms with van der Waals surface area (Å²) in [5.41, 5.74) is 0.695. The molecule has 0 atom stereocenters. The monoisotopic (exact) mass is 287 g/mol. The van der Waals surface area contributed by atoms with E-state index in [9.17, 15) is 18.0 Å². The number of hydrogen-bond acceptors (Lipinski definition) is 3. The van der Waals surface area contributed by atoms with Crippen LogP contribution in [-0.4, -0.2) is 25.7 Å². The molecule has 0 saturated carbocycles. The molecule has 0 unspecified atom stereocenters. The zero-order valence-electron chi connectivity index (χ0n) is 10.8. The number of alkyl halides is 3. The molecule has 0 spiro atoms. The maximum atomic E-state index is 12.6. The molecule has 0 aliphatic heterocycles. The summed E-state index contributed by atoms with van der Waals surface area (Å²) in [7, 11) is 0. The van der Waals surface area contributed by atoms with Crippen LogP contribution < -0.4 is 0 Å². The van der Waals surface area contributed by atoms with Crippen molar-refractivity contribution in [2.45, 2.75) is 32.9 Å². The van der Waals surface area contributed by atoms with E-state index in [-0.39, 0.29) is 18.5 Å². The van der Waals surface area contributed by atoms with Gasteiger partial charge in [0.2, 0.25) is 0 Å². The number of carboxylic acids is 1. The minimum absolute atomic E-state index is 0.103. The molecule has 0 fully saturated rings. The van der Waals surface area contributed by atoms with Gasteiger partial charge in [0.05, 0.1) is 0 Å². The molecule has 108 valence electrons. The summed E-state index contributed by atoms with van der Waals surface area (Å²) in [4.78, 5) is 14.7. The summed E-state index contributed by atoms with van der Waals surface area (Å²) >= 11 is 0. The van der Waals surface area contributed by atoms with E-state index >= 15 is 0 Å². The molecule has 0 saturated heterocycles. The van der Waals surface area contributed by atoms with Crippen molar-refractivity contribution >= 4 is 11.6 Å². The number of aromatic nitrogens is 3. The van der Waals surface area contributed by atoms with Crippen molar-refractivity contribution < 1.29 is 23.1 Å². The summed E-state index contributed by atoms with van der Waals surface area (Å²) in [6, 6.07) is 0.876. The molecule has 0 aliphatic rings. The van der Waals surface area contributed by atoms with Gasteiger partial charge in [0, 0.05) is 23.9 Å². The van der Waals surface area contributed by atoms with Gasteiger partial charge in [-0.05, 0) is 25.8 Å². The van der Waals surface area contributed by atoms with Crippen LogP contribution >= 0.6 is 0 Å². The maximum Gasteiger partial charge on any atom is 0.435 e. The van der Waals surface area contributed by atoms with Crippen LogP contribution in [0.15, 0.2) is 6.07 Å². The van der Waals surface area contributed by atoms with Crippen molar-refractivity contribution in [1.29, 1.82) is 0 Å². The second-order valence-electron chi connectivity index (χ2n) is 4.45. The Labute approximate surface area is 112 Å². The first-order valence-corrected chi connectivity index (χ1v) is 5.85. The molecule has 5 nitrogen and oxygen atoms in total. The Balaban J connectivity index is 2.54. The molecule has 2 aromatic heterocycles. The van der Waals surface area contributed by atoms with Gasteiger partial charge >= 0.3 is 12.1 Å². The predicted octanol–water partition coefficient (Wildman–Crippen LogP) is 2.38. The minimum atomic E-state index is -4.53. The number of aryl methyl sites for hydroxylation is 2. The summed E-state index contributed by atoms with van der Waals surface area (Å²) in [5.74, 6) is -0.972. The van der Waals surface area contributed by atoms with E-state index in [2.05, 4.69) is 10.1 Å². The highest BCUT2D eigenvalue weighted by Crippen LogP contribution is 2.29. The zero-order chi connectivity index (χ0) is 15.1. The highest BCUT2D eigenvalue weighted by molar-refractivity contribution is 5.67. The molecule has 0 amide bonds. The van der Waals surface area contributed by atoms with E-state index in [1.54, 1.807) is 13.8 Å². The summed E-state index contributed by atoms with van der Waals surface area (Å²) in [6.45, 7) is 3.25. The van der Waals surface area contributed by atoms with Gasteiger partial charge in [-0.15, -0.1) is 0 Å². The van der Waals surface area contributed by atoms with Crippen LogP contribution in [0.1, 0.15) is 29.1 Å². The fourth-order valence-electron chi connectivity index (χ4n) is 2.06. The van der Waals surface area contributed by atoms with E-state index < -0.39 is 17.8 Å². The average molecular weight is 287 g/mol. The lowest BCUT2D eigenvalue weighted by atomic mass is 10.1. The molecule has 1 N–H and O–H groups in total. The SMILES string of the molecule is Cc1nc2cc(C(F)(F)F)nn2c(C)c1CCC(=O)O. The Kier molecular flexibility index (Phi) is 3.41. The zero-order valence-corrected chi connectivity index (χ0v) is 10.8. The van der Waals surface area contributed by atoms with Crippen molar-refractivity contribution in [2.75, 3.05) is 0 Å². The van der Waals surface area contributed by atoms with E-state index in [4.69, 9.17) is 5.11 Å². The Morgan fingerprint density at radius 3 is 2.60 bits per heavy atom. The van der Waals surface area contributed by atoms with E-state index in [0.29, 0.717) is 17.0 Å². The highest BCUT2D eigenvalue weighted by atomic mass is 19.4. The number of hydrogen-bond donors (Lipinski definition) is 1. The first-order chi connectivity index (χ1) is 9.20. The number of carbonyl (C=O) groups is 1. The first-order valence-electron chi connectivity index (χ1n) is 5.85. The standard InChI is InChI=1S/C12H12F3N3O2/c1-6-8(3-4-11(19)20)7(2)18-10(16-6)5-9(17-18)12(13,14)15/h5H,3-4H2,1-2H3,(H,19,20). The number of rotatable bonds is 3. The summed E-state index contributed by atoms with van der Waals surface area (Å²) in [6.07, 6.45) is -4.44. The van der Waals surface area contributed by atoms with Crippen LogP contribution in [0.2, 0.25) is 0 Å². The number of nitrogens with zero attached hydrogens (tertiary/aromatic N) is 3. The Morgan fingerprint density at radius 2 is 2.05 bits per heavy atom. The van der Waals surface area contributed by atoms with Crippen molar-refractivity contribution in [3.63, 3.8) is 0 Å². The highest BCUT2D eigenvalue weighted by Gasteiger charge is 2.34. The fourth-order valence-corrected chi connectivity index (χ4v) is 2.06. The third-order valence-corrected chi connectivity index (χ3v) is 3.04. The normalized spacial score (nSPS) is 12.1. The summed E-state index contributed by atoms with van der Waals surface area (Å²) in [5, 5.41) is 12.2. The van der Waals surface area contributed by atoms with E-state index in [1.165, 1.54) is 0 Å². The number of aliphatic carboxylic acids is 1. The number of fused-ring (bicyclic) bond motifs is 1. The molecule has 2 rings (SSSR count). The lowest BCUT2D eigenvalue weighted by Crippen LogP contribution is -2.09. The van der Waals surface area contributed by atoms with Crippen molar-refractivity contribution in [1.82, 2.24) is 14.6 Å². The first kappa shape index (κ1) is 14.3. The minimum Gasteiger partial charge on any atom is -0.481 e. The van der Waals surface area contributed by atoms with Crippen LogP contribution in [0.25, 0.3) is 5.65 Å². The van der Waals surface area contributed by atoms with E-state index in [0.717, 1.165) is 10.6 Å². The molecule has 0 bridgehead atoms. The summed E-state index contributed by atoms with van der Waals surface area (Å²) < 4.78 is 39.0. The largest absolute Gasteiger partial charge is 0.481 e. The quantitative estimate of drug-likeness (QED) is 0.941. The fraction of sp³-hybridized carbons (Fsp3) is 0.417. The van der Waals surface area contributed by atoms with Gasteiger partial charge in [-0.2, -0.15) is 18.3 Å². The second-order valence-corrected chi connectivity index (χ2v) is 4.45. The third kappa shape index (κ3) is 2.59. The third-order valence-electron chi connectivity index (χ3n) is 3.04. The molecule has 20 heavy (non-hydrogen) atoms. The van der Waals surface area contributed by atoms with E-state index in [1.807, 2.05) is 0 Å². The van der Waals surface area contributed by atoms with Gasteiger partial charge in [-0.1, -0.05) is 0 Å². The van der Waals surface area contributed by atoms with Gasteiger partial charge in [0.25, 0.3) is 0 Å². The lowest BCUT2D eigenvalue weighted by molar-refractivity contribution is -0.141. The molecular formula is C12H12F3N3O2. The lowest BCUT2D eigenvalue weighted by Gasteiger charge is -2.09. The van der Waals surface area contributed by atoms with Crippen molar-refractivity contribution in [2.24, 2.45) is 0 Å². The molecule has 0 aromatic carbocycles.